The van der Waals surface area contributed by atoms with Gasteiger partial charge in [0, 0.05) is 37.2 Å². The number of nitrogens with one attached hydrogen (secondary N) is 3. The van der Waals surface area contributed by atoms with E-state index in [4.69, 9.17) is 23.7 Å². The highest BCUT2D eigenvalue weighted by molar-refractivity contribution is 6.05. The van der Waals surface area contributed by atoms with E-state index in [0.717, 1.165) is 17.7 Å². The zero-order chi connectivity index (χ0) is 45.8. The zero-order valence-corrected chi connectivity index (χ0v) is 37.2. The van der Waals surface area contributed by atoms with Gasteiger partial charge in [0.1, 0.15) is 24.1 Å². The van der Waals surface area contributed by atoms with Gasteiger partial charge in [-0.15, -0.1) is 0 Å². The van der Waals surface area contributed by atoms with E-state index in [-0.39, 0.29) is 69.3 Å². The summed E-state index contributed by atoms with van der Waals surface area (Å²) in [7, 11) is 1.88. The van der Waals surface area contributed by atoms with Gasteiger partial charge in [-0.1, -0.05) is 85.8 Å². The van der Waals surface area contributed by atoms with Crippen molar-refractivity contribution in [3.8, 4) is 11.5 Å². The number of carbonyl (C=O) groups excluding carboxylic acids is 5. The summed E-state index contributed by atoms with van der Waals surface area (Å²) in [6.45, 7) is 6.06. The molecule has 0 saturated carbocycles. The van der Waals surface area contributed by atoms with Crippen LogP contribution in [-0.4, -0.2) is 131 Å². The van der Waals surface area contributed by atoms with Crippen LogP contribution in [0.15, 0.2) is 103 Å². The Morgan fingerprint density at radius 3 is 1.97 bits per heavy atom. The van der Waals surface area contributed by atoms with Crippen LogP contribution in [-0.2, 0) is 39.9 Å². The molecule has 1 atom stereocenters. The molecule has 0 aromatic heterocycles. The lowest BCUT2D eigenvalue weighted by atomic mass is 9.88. The number of imide groups is 1. The second kappa shape index (κ2) is 25.2. The lowest BCUT2D eigenvalue weighted by Crippen LogP contribution is -2.52. The summed E-state index contributed by atoms with van der Waals surface area (Å²) >= 11 is 0. The molecule has 1 unspecified atom stereocenters. The van der Waals surface area contributed by atoms with Crippen molar-refractivity contribution in [1.82, 2.24) is 25.8 Å². The third kappa shape index (κ3) is 14.3. The summed E-state index contributed by atoms with van der Waals surface area (Å²) in [4.78, 5) is 65.1. The summed E-state index contributed by atoms with van der Waals surface area (Å²) in [6, 6.07) is 33.4. The number of amides is 5. The monoisotopic (exact) mass is 889 g/mol. The molecular formula is C50H59N5O10. The number of likely N-dealkylation sites (N-methyl/N-ethyl adjacent to an activating group) is 1. The molecule has 1 saturated heterocycles. The Balaban J connectivity index is 0.758. The number of allylic oxidation sites excluding steroid dienone is 1. The number of hydrogen-bond donors (Lipinski definition) is 3. The number of hydrogen-bond acceptors (Lipinski definition) is 11. The van der Waals surface area contributed by atoms with E-state index >= 15 is 0 Å². The molecule has 1 fully saturated rings. The molecule has 2 aliphatic rings. The van der Waals surface area contributed by atoms with Crippen molar-refractivity contribution < 1.29 is 47.7 Å². The predicted octanol–water partition coefficient (Wildman–Crippen LogP) is 4.49. The second-order valence-corrected chi connectivity index (χ2v) is 15.6. The highest BCUT2D eigenvalue weighted by Crippen LogP contribution is 2.36. The number of rotatable bonds is 26. The number of fused-ring (bicyclic) bond motifs is 1. The Bertz CT molecular complexity index is 2240. The molecule has 3 N–H and O–H groups in total. The van der Waals surface area contributed by atoms with Crippen molar-refractivity contribution in [2.45, 2.75) is 38.8 Å². The molecule has 0 bridgehead atoms. The highest BCUT2D eigenvalue weighted by Gasteiger charge is 2.40. The van der Waals surface area contributed by atoms with Crippen molar-refractivity contribution in [2.75, 3.05) is 86.1 Å². The summed E-state index contributed by atoms with van der Waals surface area (Å²) in [6.07, 6.45) is 1.32. The van der Waals surface area contributed by atoms with Crippen LogP contribution < -0.4 is 25.4 Å². The van der Waals surface area contributed by atoms with Gasteiger partial charge in [0.15, 0.2) is 6.61 Å². The molecule has 0 spiro atoms. The summed E-state index contributed by atoms with van der Waals surface area (Å²) in [5, 5.41) is 7.89. The molecule has 0 radical (unpaired) electrons. The minimum absolute atomic E-state index is 0.0971. The molecule has 5 amide bonds. The van der Waals surface area contributed by atoms with E-state index in [1.54, 1.807) is 18.2 Å². The molecule has 0 aliphatic carbocycles. The van der Waals surface area contributed by atoms with Crippen LogP contribution in [0.3, 0.4) is 0 Å². The predicted molar refractivity (Wildman–Crippen MR) is 245 cm³/mol. The van der Waals surface area contributed by atoms with Gasteiger partial charge in [0.2, 0.25) is 17.7 Å². The van der Waals surface area contributed by atoms with E-state index in [1.165, 1.54) is 27.2 Å². The minimum Gasteiger partial charge on any atom is -0.492 e. The van der Waals surface area contributed by atoms with Crippen molar-refractivity contribution >= 4 is 40.7 Å². The smallest absolute Gasteiger partial charge is 0.258 e. The molecule has 6 rings (SSSR count). The third-order valence-corrected chi connectivity index (χ3v) is 10.9. The summed E-state index contributed by atoms with van der Waals surface area (Å²) in [5.74, 6) is -0.444. The molecular weight excluding hydrogens is 831 g/mol. The Morgan fingerprint density at radius 1 is 0.708 bits per heavy atom. The number of ether oxygens (including phenoxy) is 5. The fourth-order valence-electron chi connectivity index (χ4n) is 7.66. The van der Waals surface area contributed by atoms with Gasteiger partial charge in [0.05, 0.1) is 52.7 Å². The van der Waals surface area contributed by atoms with Crippen LogP contribution in [0.2, 0.25) is 0 Å². The van der Waals surface area contributed by atoms with Gasteiger partial charge in [0.25, 0.3) is 11.8 Å². The molecule has 4 aromatic rings. The summed E-state index contributed by atoms with van der Waals surface area (Å²) in [5.41, 5.74) is 7.01. The minimum atomic E-state index is -0.735. The van der Waals surface area contributed by atoms with E-state index in [1.807, 2.05) is 36.2 Å². The van der Waals surface area contributed by atoms with E-state index in [9.17, 15) is 24.0 Å². The summed E-state index contributed by atoms with van der Waals surface area (Å²) < 4.78 is 28.4. The highest BCUT2D eigenvalue weighted by atomic mass is 16.5. The zero-order valence-electron chi connectivity index (χ0n) is 37.2. The van der Waals surface area contributed by atoms with Gasteiger partial charge in [-0.25, -0.2) is 0 Å². The normalized spacial score (nSPS) is 15.0. The molecule has 2 heterocycles. The molecule has 15 nitrogen and oxygen atoms in total. The lowest BCUT2D eigenvalue weighted by Gasteiger charge is -2.29. The second-order valence-electron chi connectivity index (χ2n) is 15.6. The third-order valence-electron chi connectivity index (χ3n) is 10.9. The molecule has 65 heavy (non-hydrogen) atoms. The largest absolute Gasteiger partial charge is 0.492 e. The van der Waals surface area contributed by atoms with Gasteiger partial charge in [-0.3, -0.25) is 34.2 Å². The maximum Gasteiger partial charge on any atom is 0.258 e. The first-order valence-corrected chi connectivity index (χ1v) is 22.1. The van der Waals surface area contributed by atoms with Gasteiger partial charge >= 0.3 is 0 Å². The van der Waals surface area contributed by atoms with Crippen LogP contribution in [0.1, 0.15) is 58.8 Å². The number of benzene rings is 4. The average molecular weight is 890 g/mol. The Morgan fingerprint density at radius 2 is 1.32 bits per heavy atom. The fraction of sp³-hybridized carbons (Fsp3) is 0.380. The van der Waals surface area contributed by atoms with Crippen LogP contribution in [0.4, 0.5) is 0 Å². The van der Waals surface area contributed by atoms with Gasteiger partial charge in [-0.2, -0.15) is 0 Å². The maximum atomic E-state index is 13.0. The Hall–Kier alpha value is -6.39. The number of piperidine rings is 1. The number of carbonyl (C=O) groups is 5. The SMILES string of the molecule is CC/C(=C(\c1ccccc1)c1ccc(OCCN(C)CC(=O)NCCOCCOCCOCCNC(=O)COc2cccc3c2CN(C2CCC(=O)NC2=O)C3=O)cc1)c1ccccc1. The first-order chi connectivity index (χ1) is 31.7. The van der Waals surface area contributed by atoms with Crippen LogP contribution >= 0.6 is 0 Å². The topological polar surface area (TPSA) is 174 Å². The van der Waals surface area contributed by atoms with E-state index in [2.05, 4.69) is 83.5 Å². The van der Waals surface area contributed by atoms with Crippen molar-refractivity contribution in [3.05, 3.63) is 131 Å². The average Bonchev–Trinajstić information content (AvgIpc) is 3.65. The van der Waals surface area contributed by atoms with Crippen LogP contribution in [0.25, 0.3) is 11.1 Å². The Kier molecular flexibility index (Phi) is 18.6. The molecule has 344 valence electrons. The van der Waals surface area contributed by atoms with Crippen molar-refractivity contribution in [1.29, 1.82) is 0 Å². The standard InChI is InChI=1S/C50H59N5O10/c1-3-40(36-11-6-4-7-12-36)48(37-13-8-5-9-14-37)38-17-19-39(20-18-38)64-28-25-54(2)34-46(57)51-23-26-61-29-31-63-32-30-62-27-24-52-47(58)35-65-44-16-10-15-41-42(44)33-55(50(41)60)43-21-22-45(56)53-49(43)59/h4-20,43H,3,21-35H2,1-2H3,(H,51,57)(H,52,58)(H,53,56,59)/b48-40-. The quantitative estimate of drug-likeness (QED) is 0.0461. The first-order valence-electron chi connectivity index (χ1n) is 22.1. The van der Waals surface area contributed by atoms with E-state index in [0.29, 0.717) is 69.6 Å². The lowest BCUT2D eigenvalue weighted by molar-refractivity contribution is -0.137. The Labute approximate surface area is 380 Å². The molecule has 2 aliphatic heterocycles. The van der Waals surface area contributed by atoms with Crippen LogP contribution in [0.5, 0.6) is 11.5 Å². The van der Waals surface area contributed by atoms with Crippen molar-refractivity contribution in [3.63, 3.8) is 0 Å². The molecule has 4 aromatic carbocycles. The van der Waals surface area contributed by atoms with Crippen molar-refractivity contribution in [2.24, 2.45) is 0 Å². The maximum absolute atomic E-state index is 13.0. The van der Waals surface area contributed by atoms with Gasteiger partial charge < -0.3 is 39.2 Å². The van der Waals surface area contributed by atoms with Crippen LogP contribution in [0, 0.1) is 0 Å². The molecule has 15 heteroatoms. The number of nitrogens with zero attached hydrogens (tertiary/aromatic N) is 2. The fourth-order valence-corrected chi connectivity index (χ4v) is 7.66. The van der Waals surface area contributed by atoms with Gasteiger partial charge in [-0.05, 0) is 72.0 Å². The van der Waals surface area contributed by atoms with E-state index < -0.39 is 11.9 Å². The first kappa shape index (κ1) is 48.1.